The first-order chi connectivity index (χ1) is 4.79. The zero-order chi connectivity index (χ0) is 6.88. The molecule has 4 bridgehead atoms. The summed E-state index contributed by atoms with van der Waals surface area (Å²) in [6.07, 6.45) is 1.67. The SMILES string of the molecule is O=C1C[C@@H]2C[C@@H]3[C@H]1[C@@H]3[C@H]2O. The molecule has 10 heavy (non-hydrogen) atoms. The largest absolute Gasteiger partial charge is 0.393 e. The summed E-state index contributed by atoms with van der Waals surface area (Å²) in [6.45, 7) is 0. The van der Waals surface area contributed by atoms with Crippen LogP contribution in [0.5, 0.6) is 0 Å². The van der Waals surface area contributed by atoms with E-state index in [4.69, 9.17) is 0 Å². The molecule has 4 aliphatic carbocycles. The van der Waals surface area contributed by atoms with Crippen molar-refractivity contribution in [3.63, 3.8) is 0 Å². The van der Waals surface area contributed by atoms with Crippen molar-refractivity contribution in [3.05, 3.63) is 0 Å². The molecule has 0 spiro atoms. The first kappa shape index (κ1) is 5.30. The Morgan fingerprint density at radius 2 is 2.30 bits per heavy atom. The van der Waals surface area contributed by atoms with Crippen molar-refractivity contribution in [2.45, 2.75) is 18.9 Å². The number of aliphatic hydroxyl groups is 1. The van der Waals surface area contributed by atoms with Gasteiger partial charge in [-0.05, 0) is 24.2 Å². The second kappa shape index (κ2) is 1.30. The Labute approximate surface area is 59.2 Å². The monoisotopic (exact) mass is 138 g/mol. The molecule has 4 fully saturated rings. The molecule has 0 saturated heterocycles. The minimum Gasteiger partial charge on any atom is -0.393 e. The third kappa shape index (κ3) is 0.382. The van der Waals surface area contributed by atoms with Crippen molar-refractivity contribution in [2.24, 2.45) is 23.7 Å². The molecule has 0 aromatic rings. The zero-order valence-corrected chi connectivity index (χ0v) is 5.66. The van der Waals surface area contributed by atoms with Crippen LogP contribution in [0.1, 0.15) is 12.8 Å². The van der Waals surface area contributed by atoms with E-state index in [1.54, 1.807) is 0 Å². The van der Waals surface area contributed by atoms with Crippen molar-refractivity contribution in [1.82, 2.24) is 0 Å². The van der Waals surface area contributed by atoms with E-state index in [2.05, 4.69) is 0 Å². The Kier molecular flexibility index (Phi) is 0.691. The molecule has 4 saturated carbocycles. The molecule has 1 N–H and O–H groups in total. The van der Waals surface area contributed by atoms with E-state index in [1.165, 1.54) is 0 Å². The van der Waals surface area contributed by atoms with Gasteiger partial charge in [-0.25, -0.2) is 0 Å². The first-order valence-corrected chi connectivity index (χ1v) is 4.00. The second-order valence-electron chi connectivity index (χ2n) is 3.92. The molecular weight excluding hydrogens is 128 g/mol. The number of ketones is 1. The number of rotatable bonds is 0. The van der Waals surface area contributed by atoms with Gasteiger partial charge in [-0.3, -0.25) is 4.79 Å². The molecule has 0 unspecified atom stereocenters. The highest BCUT2D eigenvalue weighted by Crippen LogP contribution is 2.64. The lowest BCUT2D eigenvalue weighted by Gasteiger charge is -2.24. The summed E-state index contributed by atoms with van der Waals surface area (Å²) in [5.74, 6) is 2.05. The summed E-state index contributed by atoms with van der Waals surface area (Å²) in [5, 5.41) is 9.50. The Morgan fingerprint density at radius 1 is 1.50 bits per heavy atom. The van der Waals surface area contributed by atoms with Crippen LogP contribution >= 0.6 is 0 Å². The molecule has 0 amide bonds. The summed E-state index contributed by atoms with van der Waals surface area (Å²) in [4.78, 5) is 11.1. The Morgan fingerprint density at radius 3 is 2.70 bits per heavy atom. The topological polar surface area (TPSA) is 37.3 Å². The number of Topliss-reactive ketones (excluding diaryl/α,β-unsaturated/α-hetero) is 1. The van der Waals surface area contributed by atoms with E-state index < -0.39 is 0 Å². The van der Waals surface area contributed by atoms with Crippen LogP contribution in [-0.2, 0) is 4.79 Å². The van der Waals surface area contributed by atoms with Gasteiger partial charge in [0.2, 0.25) is 0 Å². The van der Waals surface area contributed by atoms with Crippen LogP contribution in [0.4, 0.5) is 0 Å². The van der Waals surface area contributed by atoms with Gasteiger partial charge < -0.3 is 5.11 Å². The average Bonchev–Trinajstić information content (AvgIpc) is 2.54. The fourth-order valence-corrected chi connectivity index (χ4v) is 3.03. The fourth-order valence-electron chi connectivity index (χ4n) is 3.03. The molecule has 0 aromatic carbocycles. The molecular formula is C8H10O2. The van der Waals surface area contributed by atoms with E-state index in [9.17, 15) is 9.90 Å². The van der Waals surface area contributed by atoms with Gasteiger partial charge in [0.05, 0.1) is 6.10 Å². The Balaban J connectivity index is 2.01. The summed E-state index contributed by atoms with van der Waals surface area (Å²) in [5.41, 5.74) is 0. The van der Waals surface area contributed by atoms with Crippen LogP contribution in [0.2, 0.25) is 0 Å². The molecule has 0 aliphatic heterocycles. The fraction of sp³-hybridized carbons (Fsp3) is 0.875. The number of carbonyl (C=O) groups is 1. The number of carbonyl (C=O) groups excluding carboxylic acids is 1. The average molecular weight is 138 g/mol. The first-order valence-electron chi connectivity index (χ1n) is 4.00. The highest BCUT2D eigenvalue weighted by Gasteiger charge is 2.67. The highest BCUT2D eigenvalue weighted by atomic mass is 16.3. The molecule has 4 rings (SSSR count). The maximum Gasteiger partial charge on any atom is 0.137 e. The van der Waals surface area contributed by atoms with Crippen molar-refractivity contribution in [1.29, 1.82) is 0 Å². The van der Waals surface area contributed by atoms with Gasteiger partial charge in [0, 0.05) is 12.3 Å². The molecule has 0 aromatic heterocycles. The van der Waals surface area contributed by atoms with Gasteiger partial charge in [0.25, 0.3) is 0 Å². The third-order valence-corrected chi connectivity index (χ3v) is 3.52. The van der Waals surface area contributed by atoms with Crippen LogP contribution in [-0.4, -0.2) is 17.0 Å². The summed E-state index contributed by atoms with van der Waals surface area (Å²) in [7, 11) is 0. The molecule has 0 radical (unpaired) electrons. The van der Waals surface area contributed by atoms with Crippen molar-refractivity contribution in [2.75, 3.05) is 0 Å². The molecule has 2 nitrogen and oxygen atoms in total. The number of aliphatic hydroxyl groups excluding tert-OH is 1. The van der Waals surface area contributed by atoms with Crippen LogP contribution in [0.15, 0.2) is 0 Å². The predicted octanol–water partition coefficient (Wildman–Crippen LogP) is 0.202. The van der Waals surface area contributed by atoms with Gasteiger partial charge in [-0.2, -0.15) is 0 Å². The van der Waals surface area contributed by atoms with E-state index >= 15 is 0 Å². The highest BCUT2D eigenvalue weighted by molar-refractivity contribution is 5.87. The van der Waals surface area contributed by atoms with Crippen LogP contribution in [0, 0.1) is 23.7 Å². The molecule has 0 heterocycles. The van der Waals surface area contributed by atoms with Crippen molar-refractivity contribution < 1.29 is 9.90 Å². The number of hydrogen-bond donors (Lipinski definition) is 1. The van der Waals surface area contributed by atoms with Crippen LogP contribution in [0.3, 0.4) is 0 Å². The van der Waals surface area contributed by atoms with Crippen LogP contribution in [0.25, 0.3) is 0 Å². The quantitative estimate of drug-likeness (QED) is 0.519. The maximum absolute atomic E-state index is 11.1. The van der Waals surface area contributed by atoms with Gasteiger partial charge in [0.1, 0.15) is 5.78 Å². The van der Waals surface area contributed by atoms with Crippen molar-refractivity contribution >= 4 is 5.78 Å². The minimum atomic E-state index is -0.118. The standard InChI is InChI=1S/C8H10O2/c9-5-2-3-1-4-6(5)7(4)8(3)10/h3-4,6-8,10H,1-2H2/t3-,4+,6+,7+,8-/m0/s1. The van der Waals surface area contributed by atoms with E-state index in [0.29, 0.717) is 35.9 Å². The second-order valence-corrected chi connectivity index (χ2v) is 3.92. The number of fused-ring (bicyclic) bond motifs is 1. The summed E-state index contributed by atoms with van der Waals surface area (Å²) >= 11 is 0. The molecule has 2 heteroatoms. The van der Waals surface area contributed by atoms with E-state index in [0.717, 1.165) is 6.42 Å². The van der Waals surface area contributed by atoms with Gasteiger partial charge in [0.15, 0.2) is 0 Å². The minimum absolute atomic E-state index is 0.118. The lowest BCUT2D eigenvalue weighted by Crippen LogP contribution is -2.31. The molecule has 5 atom stereocenters. The molecule has 54 valence electrons. The Hall–Kier alpha value is -0.370. The zero-order valence-electron chi connectivity index (χ0n) is 5.66. The number of hydrogen-bond acceptors (Lipinski definition) is 2. The predicted molar refractivity (Wildman–Crippen MR) is 34.2 cm³/mol. The third-order valence-electron chi connectivity index (χ3n) is 3.52. The maximum atomic E-state index is 11.1. The summed E-state index contributed by atoms with van der Waals surface area (Å²) < 4.78 is 0. The lowest BCUT2D eigenvalue weighted by molar-refractivity contribution is -0.126. The summed E-state index contributed by atoms with van der Waals surface area (Å²) in [6, 6.07) is 0. The molecule has 4 aliphatic rings. The normalized spacial score (nSPS) is 62.9. The van der Waals surface area contributed by atoms with Gasteiger partial charge >= 0.3 is 0 Å². The lowest BCUT2D eigenvalue weighted by atomic mass is 9.83. The van der Waals surface area contributed by atoms with Crippen molar-refractivity contribution in [3.8, 4) is 0 Å². The van der Waals surface area contributed by atoms with E-state index in [1.807, 2.05) is 0 Å². The van der Waals surface area contributed by atoms with Crippen LogP contribution < -0.4 is 0 Å². The van der Waals surface area contributed by atoms with E-state index in [-0.39, 0.29) is 6.10 Å². The smallest absolute Gasteiger partial charge is 0.137 e. The van der Waals surface area contributed by atoms with Gasteiger partial charge in [-0.1, -0.05) is 0 Å². The van der Waals surface area contributed by atoms with Gasteiger partial charge in [-0.15, -0.1) is 0 Å². The Bertz CT molecular complexity index is 209.